The molecule has 0 aromatic rings. The first-order valence-electron chi connectivity index (χ1n) is 5.31. The van der Waals surface area contributed by atoms with Crippen molar-refractivity contribution >= 4 is 7.85 Å². The molecule has 0 bridgehead atoms. The Hall–Kier alpha value is -0.0551. The molecule has 1 saturated heterocycles. The van der Waals surface area contributed by atoms with Crippen LogP contribution in [0, 0.1) is 0 Å². The molecule has 1 fully saturated rings. The highest BCUT2D eigenvalue weighted by atomic mass is 16.5. The number of hydrogen-bond acceptors (Lipinski definition) is 3. The lowest BCUT2D eigenvalue weighted by Gasteiger charge is -2.46. The van der Waals surface area contributed by atoms with Crippen LogP contribution in [0.1, 0.15) is 27.2 Å². The number of aliphatic hydroxyl groups excluding tert-OH is 1. The van der Waals surface area contributed by atoms with Crippen molar-refractivity contribution in [2.75, 3.05) is 19.7 Å². The maximum absolute atomic E-state index is 9.35. The molecule has 80 valence electrons. The standard InChI is InChI=1S/C10H20BNO2/c1-4-10(7-13)6-12(8(2)3)5-9(11)14-10/h8-9,13H,4-7H2,1-3H3/t9-,10+/m1/s1. The Labute approximate surface area is 87.8 Å². The number of rotatable bonds is 3. The molecule has 3 nitrogen and oxygen atoms in total. The van der Waals surface area contributed by atoms with E-state index < -0.39 is 5.60 Å². The molecule has 0 saturated carbocycles. The van der Waals surface area contributed by atoms with E-state index in [-0.39, 0.29) is 12.6 Å². The van der Waals surface area contributed by atoms with Crippen LogP contribution in [0.3, 0.4) is 0 Å². The number of ether oxygens (including phenoxy) is 1. The van der Waals surface area contributed by atoms with Gasteiger partial charge in [0.15, 0.2) is 0 Å². The van der Waals surface area contributed by atoms with Gasteiger partial charge in [0, 0.05) is 25.1 Å². The van der Waals surface area contributed by atoms with Crippen LogP contribution >= 0.6 is 0 Å². The van der Waals surface area contributed by atoms with E-state index >= 15 is 0 Å². The molecule has 1 aliphatic rings. The summed E-state index contributed by atoms with van der Waals surface area (Å²) in [5, 5.41) is 9.35. The van der Waals surface area contributed by atoms with E-state index in [0.717, 1.165) is 19.5 Å². The van der Waals surface area contributed by atoms with E-state index in [0.29, 0.717) is 6.04 Å². The highest BCUT2D eigenvalue weighted by molar-refractivity contribution is 6.11. The predicted octanol–water partition coefficient (Wildman–Crippen LogP) is 0.363. The van der Waals surface area contributed by atoms with Gasteiger partial charge in [0.2, 0.25) is 0 Å². The molecule has 1 N–H and O–H groups in total. The second-order valence-corrected chi connectivity index (χ2v) is 4.37. The van der Waals surface area contributed by atoms with Gasteiger partial charge in [-0.05, 0) is 20.3 Å². The van der Waals surface area contributed by atoms with Gasteiger partial charge in [-0.15, -0.1) is 0 Å². The van der Waals surface area contributed by atoms with Crippen LogP contribution in [-0.2, 0) is 4.74 Å². The average molecular weight is 197 g/mol. The van der Waals surface area contributed by atoms with Crippen molar-refractivity contribution in [3.8, 4) is 0 Å². The molecule has 1 heterocycles. The first kappa shape index (κ1) is 12.0. The monoisotopic (exact) mass is 197 g/mol. The first-order valence-corrected chi connectivity index (χ1v) is 5.31. The Balaban J connectivity index is 2.70. The molecule has 0 aromatic heterocycles. The molecule has 0 aliphatic carbocycles. The fourth-order valence-electron chi connectivity index (χ4n) is 1.85. The fraction of sp³-hybridized carbons (Fsp3) is 1.00. The lowest BCUT2D eigenvalue weighted by Crippen LogP contribution is -2.59. The van der Waals surface area contributed by atoms with E-state index in [2.05, 4.69) is 18.7 Å². The lowest BCUT2D eigenvalue weighted by atomic mass is 9.90. The Morgan fingerprint density at radius 3 is 2.71 bits per heavy atom. The van der Waals surface area contributed by atoms with E-state index in [4.69, 9.17) is 12.6 Å². The summed E-state index contributed by atoms with van der Waals surface area (Å²) in [6, 6.07) is 0.167. The van der Waals surface area contributed by atoms with Gasteiger partial charge in [0.1, 0.15) is 13.4 Å². The Morgan fingerprint density at radius 1 is 1.64 bits per heavy atom. The second-order valence-electron chi connectivity index (χ2n) is 4.37. The molecule has 2 radical (unpaired) electrons. The third kappa shape index (κ3) is 2.50. The summed E-state index contributed by atoms with van der Waals surface area (Å²) >= 11 is 0. The zero-order valence-corrected chi connectivity index (χ0v) is 9.36. The molecule has 1 aliphatic heterocycles. The summed E-state index contributed by atoms with van der Waals surface area (Å²) in [5.74, 6) is 0. The fourth-order valence-corrected chi connectivity index (χ4v) is 1.85. The molecule has 0 unspecified atom stereocenters. The minimum absolute atomic E-state index is 0.0421. The van der Waals surface area contributed by atoms with Gasteiger partial charge >= 0.3 is 0 Å². The minimum Gasteiger partial charge on any atom is -0.393 e. The maximum Gasteiger partial charge on any atom is 0.110 e. The van der Waals surface area contributed by atoms with Crippen molar-refractivity contribution < 1.29 is 9.84 Å². The van der Waals surface area contributed by atoms with Crippen LogP contribution in [-0.4, -0.2) is 55.2 Å². The first-order chi connectivity index (χ1) is 6.53. The maximum atomic E-state index is 9.35. The zero-order chi connectivity index (χ0) is 10.8. The summed E-state index contributed by atoms with van der Waals surface area (Å²) in [6.07, 6.45) is 0.792. The van der Waals surface area contributed by atoms with E-state index in [1.165, 1.54) is 0 Å². The highest BCUT2D eigenvalue weighted by Crippen LogP contribution is 2.24. The van der Waals surface area contributed by atoms with Crippen LogP contribution in [0.4, 0.5) is 0 Å². The summed E-state index contributed by atoms with van der Waals surface area (Å²) in [4.78, 5) is 2.26. The van der Waals surface area contributed by atoms with Gasteiger partial charge < -0.3 is 9.84 Å². The molecule has 4 heteroatoms. The molecular weight excluding hydrogens is 177 g/mol. The SMILES string of the molecule is [B][C@H]1CN(C(C)C)C[C@@](CC)(CO)O1. The molecule has 0 aromatic carbocycles. The van der Waals surface area contributed by atoms with Crippen LogP contribution in [0.15, 0.2) is 0 Å². The third-order valence-electron chi connectivity index (χ3n) is 2.97. The topological polar surface area (TPSA) is 32.7 Å². The molecule has 0 spiro atoms. The van der Waals surface area contributed by atoms with E-state index in [1.807, 2.05) is 6.92 Å². The Kier molecular flexibility index (Phi) is 3.99. The van der Waals surface area contributed by atoms with Crippen molar-refractivity contribution in [3.63, 3.8) is 0 Å². The van der Waals surface area contributed by atoms with Gasteiger partial charge in [-0.3, -0.25) is 4.90 Å². The average Bonchev–Trinajstić information content (AvgIpc) is 2.16. The van der Waals surface area contributed by atoms with Gasteiger partial charge in [0.05, 0.1) is 6.61 Å². The molecule has 1 rings (SSSR count). The number of morpholine rings is 1. The summed E-state index contributed by atoms with van der Waals surface area (Å²) in [5.41, 5.74) is -0.456. The molecule has 0 amide bonds. The van der Waals surface area contributed by atoms with Gasteiger partial charge in [-0.25, -0.2) is 0 Å². The quantitative estimate of drug-likeness (QED) is 0.663. The number of aliphatic hydroxyl groups is 1. The van der Waals surface area contributed by atoms with Gasteiger partial charge in [-0.2, -0.15) is 0 Å². The van der Waals surface area contributed by atoms with Gasteiger partial charge in [-0.1, -0.05) is 6.92 Å². The third-order valence-corrected chi connectivity index (χ3v) is 2.97. The predicted molar refractivity (Wildman–Crippen MR) is 57.4 cm³/mol. The van der Waals surface area contributed by atoms with Crippen LogP contribution < -0.4 is 0 Å². The summed E-state index contributed by atoms with van der Waals surface area (Å²) in [7, 11) is 5.81. The molecule has 14 heavy (non-hydrogen) atoms. The van der Waals surface area contributed by atoms with Crippen LogP contribution in [0.25, 0.3) is 0 Å². The Bertz CT molecular complexity index is 183. The molecule has 2 atom stereocenters. The van der Waals surface area contributed by atoms with Gasteiger partial charge in [0.25, 0.3) is 0 Å². The lowest BCUT2D eigenvalue weighted by molar-refractivity contribution is -0.155. The number of hydrogen-bond donors (Lipinski definition) is 1. The molecular formula is C10H20BNO2. The smallest absolute Gasteiger partial charge is 0.110 e. The normalized spacial score (nSPS) is 35.1. The van der Waals surface area contributed by atoms with Crippen LogP contribution in [0.5, 0.6) is 0 Å². The minimum atomic E-state index is -0.456. The van der Waals surface area contributed by atoms with Crippen molar-refractivity contribution in [1.29, 1.82) is 0 Å². The summed E-state index contributed by atoms with van der Waals surface area (Å²) < 4.78 is 5.64. The highest BCUT2D eigenvalue weighted by Gasteiger charge is 2.37. The van der Waals surface area contributed by atoms with Crippen molar-refractivity contribution in [3.05, 3.63) is 0 Å². The largest absolute Gasteiger partial charge is 0.393 e. The summed E-state index contributed by atoms with van der Waals surface area (Å²) in [6.45, 7) is 7.85. The second kappa shape index (κ2) is 4.64. The Morgan fingerprint density at radius 2 is 2.29 bits per heavy atom. The number of nitrogens with zero attached hydrogens (tertiary/aromatic N) is 1. The van der Waals surface area contributed by atoms with Crippen molar-refractivity contribution in [2.24, 2.45) is 0 Å². The van der Waals surface area contributed by atoms with Crippen LogP contribution in [0.2, 0.25) is 0 Å². The zero-order valence-electron chi connectivity index (χ0n) is 9.36. The van der Waals surface area contributed by atoms with E-state index in [9.17, 15) is 5.11 Å². The van der Waals surface area contributed by atoms with E-state index in [1.54, 1.807) is 0 Å². The van der Waals surface area contributed by atoms with Crippen molar-refractivity contribution in [2.45, 2.75) is 44.8 Å². The van der Waals surface area contributed by atoms with Crippen molar-refractivity contribution in [1.82, 2.24) is 4.90 Å².